The monoisotopic (exact) mass is 642 g/mol. The third-order valence-corrected chi connectivity index (χ3v) is 12.7. The zero-order chi connectivity index (χ0) is 34.1. The molecule has 5 aromatic carbocycles. The second-order valence-corrected chi connectivity index (χ2v) is 17.7. The smallest absolute Gasteiger partial charge is 0.260 e. The highest BCUT2D eigenvalue weighted by molar-refractivity contribution is 6.98. The molecule has 3 heteroatoms. The van der Waals surface area contributed by atoms with E-state index in [1.807, 2.05) is 0 Å². The summed E-state index contributed by atoms with van der Waals surface area (Å²) in [5.41, 5.74) is 14.8. The van der Waals surface area contributed by atoms with Crippen molar-refractivity contribution in [2.24, 2.45) is 0 Å². The number of ether oxygens (including phenoxy) is 2. The summed E-state index contributed by atoms with van der Waals surface area (Å²) in [6.45, 7) is 19.3. The Kier molecular flexibility index (Phi) is 6.38. The molecule has 0 saturated carbocycles. The molecule has 2 aliphatic carbocycles. The van der Waals surface area contributed by atoms with Gasteiger partial charge >= 0.3 is 0 Å². The van der Waals surface area contributed by atoms with E-state index in [-0.39, 0.29) is 28.4 Å². The van der Waals surface area contributed by atoms with Crippen LogP contribution in [-0.4, -0.2) is 6.71 Å². The van der Waals surface area contributed by atoms with Gasteiger partial charge in [-0.1, -0.05) is 134 Å². The maximum Gasteiger partial charge on any atom is 0.260 e. The Balaban J connectivity index is 1.28. The Morgan fingerprint density at radius 1 is 0.429 bits per heavy atom. The van der Waals surface area contributed by atoms with E-state index in [1.54, 1.807) is 0 Å². The van der Waals surface area contributed by atoms with Gasteiger partial charge in [0, 0.05) is 16.6 Å². The second kappa shape index (κ2) is 10.2. The lowest BCUT2D eigenvalue weighted by Crippen LogP contribution is -2.57. The SMILES string of the molecule is CC1(C)CCC(C)(C)c2c(-c3cccc4c3Oc3cccc5c3B4c3cccc(-c4cccc6c4C(C)(C)CCC6(C)C)c3O5)cccc21. The van der Waals surface area contributed by atoms with Gasteiger partial charge < -0.3 is 9.47 Å². The minimum Gasteiger partial charge on any atom is -0.458 e. The standard InChI is InChI=1S/C46H47BO2/c1-43(2)24-26-45(5,6)38-28(14-9-18-32(38)43)30-16-11-20-34-41(30)48-36-22-13-23-37-40(36)47(34)35-21-12-17-31(42(35)49-37)29-15-10-19-33-39(29)46(7,8)27-25-44(33,3)4/h9-23H,24-27H2,1-8H3. The highest BCUT2D eigenvalue weighted by Gasteiger charge is 2.45. The molecule has 0 radical (unpaired) electrons. The third kappa shape index (κ3) is 4.40. The molecule has 0 aromatic heterocycles. The normalized spacial score (nSPS) is 19.6. The Morgan fingerprint density at radius 2 is 0.796 bits per heavy atom. The van der Waals surface area contributed by atoms with Crippen molar-refractivity contribution < 1.29 is 9.47 Å². The summed E-state index contributed by atoms with van der Waals surface area (Å²) < 4.78 is 14.0. The Labute approximate surface area is 293 Å². The molecule has 2 aliphatic heterocycles. The van der Waals surface area contributed by atoms with E-state index < -0.39 is 0 Å². The van der Waals surface area contributed by atoms with Crippen LogP contribution in [0.5, 0.6) is 23.0 Å². The molecule has 0 atom stereocenters. The van der Waals surface area contributed by atoms with Crippen molar-refractivity contribution in [2.75, 3.05) is 0 Å². The van der Waals surface area contributed by atoms with Crippen LogP contribution in [-0.2, 0) is 21.7 Å². The molecule has 0 saturated heterocycles. The van der Waals surface area contributed by atoms with E-state index in [9.17, 15) is 0 Å². The summed E-state index contributed by atoms with van der Waals surface area (Å²) in [7, 11) is 0. The van der Waals surface area contributed by atoms with Gasteiger partial charge in [-0.25, -0.2) is 0 Å². The number of benzene rings is 5. The third-order valence-electron chi connectivity index (χ3n) is 12.7. The van der Waals surface area contributed by atoms with Crippen LogP contribution in [0.4, 0.5) is 0 Å². The van der Waals surface area contributed by atoms with Crippen molar-refractivity contribution in [3.8, 4) is 45.3 Å². The summed E-state index contributed by atoms with van der Waals surface area (Å²) in [6, 6.07) is 33.8. The highest BCUT2D eigenvalue weighted by atomic mass is 16.5. The summed E-state index contributed by atoms with van der Waals surface area (Å²) in [4.78, 5) is 0. The summed E-state index contributed by atoms with van der Waals surface area (Å²) in [5.74, 6) is 3.73. The van der Waals surface area contributed by atoms with Gasteiger partial charge in [0.2, 0.25) is 0 Å². The minimum atomic E-state index is 0.00609. The fraction of sp³-hybridized carbons (Fsp3) is 0.348. The zero-order valence-corrected chi connectivity index (χ0v) is 30.4. The molecule has 0 amide bonds. The maximum absolute atomic E-state index is 7.00. The van der Waals surface area contributed by atoms with Crippen LogP contribution in [0.25, 0.3) is 22.3 Å². The summed E-state index contributed by atoms with van der Waals surface area (Å²) >= 11 is 0. The first kappa shape index (κ1) is 30.8. The van der Waals surface area contributed by atoms with Crippen LogP contribution in [0.2, 0.25) is 0 Å². The molecule has 49 heavy (non-hydrogen) atoms. The fourth-order valence-electron chi connectivity index (χ4n) is 9.81. The number of para-hydroxylation sites is 2. The molecule has 0 bridgehead atoms. The van der Waals surface area contributed by atoms with Crippen LogP contribution in [0.3, 0.4) is 0 Å². The molecule has 4 aliphatic rings. The lowest BCUT2D eigenvalue weighted by Gasteiger charge is -2.43. The largest absolute Gasteiger partial charge is 0.458 e. The molecule has 0 spiro atoms. The van der Waals surface area contributed by atoms with Gasteiger partial charge in [-0.2, -0.15) is 0 Å². The zero-order valence-electron chi connectivity index (χ0n) is 30.4. The highest BCUT2D eigenvalue weighted by Crippen LogP contribution is 2.53. The lowest BCUT2D eigenvalue weighted by molar-refractivity contribution is 0.332. The van der Waals surface area contributed by atoms with Gasteiger partial charge in [-0.05, 0) is 104 Å². The van der Waals surface area contributed by atoms with Crippen molar-refractivity contribution in [2.45, 2.75) is 103 Å². The van der Waals surface area contributed by atoms with E-state index in [1.165, 1.54) is 81.1 Å². The van der Waals surface area contributed by atoms with Gasteiger partial charge in [-0.15, -0.1) is 0 Å². The van der Waals surface area contributed by atoms with Crippen molar-refractivity contribution in [1.29, 1.82) is 0 Å². The quantitative estimate of drug-likeness (QED) is 0.175. The average molecular weight is 643 g/mol. The first-order valence-corrected chi connectivity index (χ1v) is 18.3. The molecular formula is C46H47BO2. The lowest BCUT2D eigenvalue weighted by atomic mass is 9.34. The number of hydrogen-bond acceptors (Lipinski definition) is 2. The second-order valence-electron chi connectivity index (χ2n) is 17.7. The summed E-state index contributed by atoms with van der Waals surface area (Å²) in [6.07, 6.45) is 4.71. The van der Waals surface area contributed by atoms with E-state index in [2.05, 4.69) is 146 Å². The topological polar surface area (TPSA) is 18.5 Å². The number of hydrogen-bond donors (Lipinski definition) is 0. The van der Waals surface area contributed by atoms with E-state index in [0.717, 1.165) is 28.5 Å². The molecule has 9 rings (SSSR count). The fourth-order valence-corrected chi connectivity index (χ4v) is 9.81. The van der Waals surface area contributed by atoms with Crippen LogP contribution >= 0.6 is 0 Å². The maximum atomic E-state index is 7.00. The van der Waals surface area contributed by atoms with Crippen LogP contribution in [0, 0.1) is 0 Å². The van der Waals surface area contributed by atoms with Gasteiger partial charge in [0.15, 0.2) is 0 Å². The van der Waals surface area contributed by atoms with Crippen LogP contribution in [0.15, 0.2) is 91.0 Å². The molecule has 0 fully saturated rings. The van der Waals surface area contributed by atoms with Crippen molar-refractivity contribution in [1.82, 2.24) is 0 Å². The first-order valence-electron chi connectivity index (χ1n) is 18.3. The van der Waals surface area contributed by atoms with Crippen molar-refractivity contribution in [3.63, 3.8) is 0 Å². The average Bonchev–Trinajstić information content (AvgIpc) is 3.08. The molecule has 2 heterocycles. The van der Waals surface area contributed by atoms with Gasteiger partial charge in [-0.3, -0.25) is 0 Å². The van der Waals surface area contributed by atoms with Gasteiger partial charge in [0.1, 0.15) is 23.0 Å². The van der Waals surface area contributed by atoms with Crippen LogP contribution in [0.1, 0.15) is 103 Å². The minimum absolute atomic E-state index is 0.00609. The number of fused-ring (bicyclic) bond motifs is 6. The van der Waals surface area contributed by atoms with E-state index in [4.69, 9.17) is 9.47 Å². The van der Waals surface area contributed by atoms with E-state index >= 15 is 0 Å². The van der Waals surface area contributed by atoms with E-state index in [0.29, 0.717) is 0 Å². The number of rotatable bonds is 2. The molecule has 246 valence electrons. The Morgan fingerprint density at radius 3 is 1.24 bits per heavy atom. The predicted molar refractivity (Wildman–Crippen MR) is 206 cm³/mol. The van der Waals surface area contributed by atoms with Crippen molar-refractivity contribution >= 4 is 23.1 Å². The molecule has 0 unspecified atom stereocenters. The van der Waals surface area contributed by atoms with Gasteiger partial charge in [0.25, 0.3) is 6.71 Å². The first-order chi connectivity index (χ1) is 23.3. The Hall–Kier alpha value is -4.24. The molecule has 2 nitrogen and oxygen atoms in total. The van der Waals surface area contributed by atoms with Gasteiger partial charge in [0.05, 0.1) is 0 Å². The molecule has 0 N–H and O–H groups in total. The molecule has 5 aromatic rings. The van der Waals surface area contributed by atoms with Crippen molar-refractivity contribution in [3.05, 3.63) is 113 Å². The molecular weight excluding hydrogens is 595 g/mol. The Bertz CT molecular complexity index is 2050. The summed E-state index contributed by atoms with van der Waals surface area (Å²) in [5, 5.41) is 0. The predicted octanol–water partition coefficient (Wildman–Crippen LogP) is 10.4. The van der Waals surface area contributed by atoms with Crippen LogP contribution < -0.4 is 25.9 Å².